The lowest BCUT2D eigenvalue weighted by atomic mass is 9.93. The average Bonchev–Trinajstić information content (AvgIpc) is 2.80. The number of benzene rings is 2. The second kappa shape index (κ2) is 11.5. The Morgan fingerprint density at radius 1 is 1.06 bits per heavy atom. The topological polar surface area (TPSA) is 89.7 Å². The van der Waals surface area contributed by atoms with Gasteiger partial charge in [-0.1, -0.05) is 36.6 Å². The zero-order valence-corrected chi connectivity index (χ0v) is 19.7. The Morgan fingerprint density at radius 3 is 2.34 bits per heavy atom. The van der Waals surface area contributed by atoms with Crippen molar-refractivity contribution in [1.82, 2.24) is 4.90 Å². The second-order valence-electron chi connectivity index (χ2n) is 7.96. The molecule has 1 heterocycles. The molecule has 172 valence electrons. The fourth-order valence-corrected chi connectivity index (χ4v) is 5.73. The van der Waals surface area contributed by atoms with Crippen molar-refractivity contribution < 1.29 is 18.5 Å². The summed E-state index contributed by atoms with van der Waals surface area (Å²) >= 11 is 5.91. The number of nitrogens with zero attached hydrogens (tertiary/aromatic N) is 1. The number of likely N-dealkylation sites (tertiary alicyclic amines) is 1. The highest BCUT2D eigenvalue weighted by Gasteiger charge is 2.50. The Bertz CT molecular complexity index is 949. The molecule has 0 spiro atoms. The number of amides is 2. The molecule has 32 heavy (non-hydrogen) atoms. The monoisotopic (exact) mass is 476 g/mol. The third-order valence-electron chi connectivity index (χ3n) is 5.71. The van der Waals surface area contributed by atoms with Gasteiger partial charge >= 0.3 is 0 Å². The lowest BCUT2D eigenvalue weighted by Crippen LogP contribution is -2.63. The van der Waals surface area contributed by atoms with Gasteiger partial charge in [0.15, 0.2) is 0 Å². The van der Waals surface area contributed by atoms with Crippen LogP contribution in [0.15, 0.2) is 53.4 Å². The van der Waals surface area contributed by atoms with Crippen LogP contribution < -0.4 is 10.5 Å². The van der Waals surface area contributed by atoms with Gasteiger partial charge in [0.2, 0.25) is 11.8 Å². The van der Waals surface area contributed by atoms with Gasteiger partial charge in [-0.15, -0.1) is 0 Å². The molecule has 0 aliphatic carbocycles. The normalized spacial score (nSPS) is 18.8. The van der Waals surface area contributed by atoms with Crippen molar-refractivity contribution in [2.75, 3.05) is 13.7 Å². The molecule has 2 N–H and O–H groups in total. The predicted octanol–water partition coefficient (Wildman–Crippen LogP) is 3.92. The van der Waals surface area contributed by atoms with Crippen LogP contribution in [-0.4, -0.2) is 40.0 Å². The number of hydrogen-bond acceptors (Lipinski definition) is 4. The van der Waals surface area contributed by atoms with Gasteiger partial charge in [0.25, 0.3) is 0 Å². The molecule has 1 aliphatic heterocycles. The summed E-state index contributed by atoms with van der Waals surface area (Å²) in [6, 6.07) is 14.8. The number of unbranched alkanes of at least 4 members (excludes halogenated alkanes) is 3. The maximum atomic E-state index is 13.2. The van der Waals surface area contributed by atoms with Crippen LogP contribution in [0.2, 0.25) is 5.02 Å². The van der Waals surface area contributed by atoms with Crippen molar-refractivity contribution in [2.45, 2.75) is 48.8 Å². The third kappa shape index (κ3) is 6.11. The number of rotatable bonds is 12. The minimum absolute atomic E-state index is 0.0804. The summed E-state index contributed by atoms with van der Waals surface area (Å²) in [5, 5.41) is 0.210. The molecule has 1 fully saturated rings. The van der Waals surface area contributed by atoms with Crippen molar-refractivity contribution in [3.63, 3.8) is 0 Å². The fraction of sp³-hybridized carbons (Fsp3) is 0.417. The summed E-state index contributed by atoms with van der Waals surface area (Å²) in [6.07, 6.45) is 4.81. The van der Waals surface area contributed by atoms with Gasteiger partial charge < -0.3 is 15.4 Å². The van der Waals surface area contributed by atoms with Gasteiger partial charge in [0.05, 0.1) is 23.8 Å². The molecule has 8 heteroatoms. The summed E-state index contributed by atoms with van der Waals surface area (Å²) in [4.78, 5) is 26.3. The lowest BCUT2D eigenvalue weighted by Gasteiger charge is -2.46. The van der Waals surface area contributed by atoms with Gasteiger partial charge in [0.1, 0.15) is 11.1 Å². The minimum Gasteiger partial charge on any atom is -0.497 e. The molecule has 0 bridgehead atoms. The number of carbonyl (C=O) groups excluding carboxylic acids is 2. The zero-order chi connectivity index (χ0) is 23.1. The van der Waals surface area contributed by atoms with Crippen molar-refractivity contribution in [3.05, 3.63) is 59.1 Å². The number of carbonyl (C=O) groups is 2. The smallest absolute Gasteiger partial charge is 0.230 e. The molecule has 1 saturated heterocycles. The zero-order valence-electron chi connectivity index (χ0n) is 18.2. The van der Waals surface area contributed by atoms with E-state index in [0.717, 1.165) is 37.1 Å². The van der Waals surface area contributed by atoms with E-state index in [1.165, 1.54) is 5.56 Å². The summed E-state index contributed by atoms with van der Waals surface area (Å²) < 4.78 is 18.4. The van der Waals surface area contributed by atoms with Crippen LogP contribution in [0.1, 0.15) is 37.7 Å². The molecule has 1 aliphatic rings. The second-order valence-corrected chi connectivity index (χ2v) is 9.95. The minimum atomic E-state index is -1.45. The molecule has 6 nitrogen and oxygen atoms in total. The van der Waals surface area contributed by atoms with Crippen LogP contribution in [0.25, 0.3) is 0 Å². The Labute approximate surface area is 196 Å². The van der Waals surface area contributed by atoms with E-state index >= 15 is 0 Å². The maximum Gasteiger partial charge on any atom is 0.230 e. The number of halogens is 1. The average molecular weight is 477 g/mol. The van der Waals surface area contributed by atoms with E-state index in [-0.39, 0.29) is 12.3 Å². The lowest BCUT2D eigenvalue weighted by molar-refractivity contribution is -0.152. The van der Waals surface area contributed by atoms with Crippen LogP contribution in [0, 0.1) is 5.92 Å². The number of methoxy groups -OCH3 is 1. The van der Waals surface area contributed by atoms with E-state index in [4.69, 9.17) is 22.1 Å². The van der Waals surface area contributed by atoms with Crippen molar-refractivity contribution in [1.29, 1.82) is 0 Å². The predicted molar refractivity (Wildman–Crippen MR) is 126 cm³/mol. The number of β-lactam (4-membered cyclic amide) rings is 1. The summed E-state index contributed by atoms with van der Waals surface area (Å²) in [6.45, 7) is 0.529. The highest BCUT2D eigenvalue weighted by molar-refractivity contribution is 7.85. The van der Waals surface area contributed by atoms with E-state index in [2.05, 4.69) is 0 Å². The fourth-order valence-electron chi connectivity index (χ4n) is 3.97. The van der Waals surface area contributed by atoms with Gasteiger partial charge in [-0.05, 0) is 61.2 Å². The van der Waals surface area contributed by atoms with E-state index < -0.39 is 28.0 Å². The van der Waals surface area contributed by atoms with E-state index in [0.29, 0.717) is 17.2 Å². The molecule has 0 aromatic heterocycles. The van der Waals surface area contributed by atoms with Gasteiger partial charge in [-0.3, -0.25) is 13.8 Å². The summed E-state index contributed by atoms with van der Waals surface area (Å²) in [7, 11) is 0.112. The molecule has 0 saturated carbocycles. The highest BCUT2D eigenvalue weighted by atomic mass is 35.5. The molecule has 2 aromatic carbocycles. The number of aryl methyl sites for hydroxylation is 1. The number of ether oxygens (including phenoxy) is 1. The van der Waals surface area contributed by atoms with Crippen LogP contribution >= 0.6 is 11.6 Å². The van der Waals surface area contributed by atoms with E-state index in [1.54, 1.807) is 36.3 Å². The van der Waals surface area contributed by atoms with Gasteiger partial charge in [0, 0.05) is 22.9 Å². The van der Waals surface area contributed by atoms with Gasteiger partial charge in [-0.25, -0.2) is 0 Å². The molecule has 2 aromatic rings. The number of primary amides is 1. The first kappa shape index (κ1) is 24.3. The molecule has 0 radical (unpaired) electrons. The van der Waals surface area contributed by atoms with Crippen molar-refractivity contribution >= 4 is 34.2 Å². The van der Waals surface area contributed by atoms with Crippen LogP contribution in [0.4, 0.5) is 0 Å². The summed E-state index contributed by atoms with van der Waals surface area (Å²) in [5.74, 6) is -0.654. The van der Waals surface area contributed by atoms with Crippen molar-refractivity contribution in [2.24, 2.45) is 11.7 Å². The standard InChI is InChI=1S/C24H29ClN2O4S/c1-31-19-11-13-20(14-12-19)32(30)24-21(16-22(26)28)23(29)27(24)15-5-3-2-4-6-17-7-9-18(25)10-8-17/h7-14,21,24H,2-6,15-16H2,1H3,(H2,26,28)/t21-,24+,32+/m0/s1. The number of nitrogens with two attached hydrogens (primary N) is 1. The van der Waals surface area contributed by atoms with Crippen LogP contribution in [0.3, 0.4) is 0 Å². The molecule has 2 amide bonds. The molecular weight excluding hydrogens is 448 g/mol. The Kier molecular flexibility index (Phi) is 8.70. The largest absolute Gasteiger partial charge is 0.497 e. The third-order valence-corrected chi connectivity index (χ3v) is 7.72. The Hall–Kier alpha value is -2.38. The van der Waals surface area contributed by atoms with Gasteiger partial charge in [-0.2, -0.15) is 0 Å². The number of hydrogen-bond donors (Lipinski definition) is 1. The first-order valence-electron chi connectivity index (χ1n) is 10.8. The molecule has 3 atom stereocenters. The van der Waals surface area contributed by atoms with E-state index in [1.807, 2.05) is 24.3 Å². The first-order chi connectivity index (χ1) is 15.4. The van der Waals surface area contributed by atoms with Crippen LogP contribution in [0.5, 0.6) is 5.75 Å². The SMILES string of the molecule is COc1ccc([S@@](=O)[C@@H]2[C@@H](CC(N)=O)C(=O)N2CCCCCCc2ccc(Cl)cc2)cc1. The first-order valence-corrected chi connectivity index (χ1v) is 12.4. The Morgan fingerprint density at radius 2 is 1.72 bits per heavy atom. The Balaban J connectivity index is 1.52. The maximum absolute atomic E-state index is 13.2. The quantitative estimate of drug-likeness (QED) is 0.371. The highest BCUT2D eigenvalue weighted by Crippen LogP contribution is 2.35. The summed E-state index contributed by atoms with van der Waals surface area (Å²) in [5.41, 5.74) is 6.59. The molecule has 0 unspecified atom stereocenters. The molecule has 3 rings (SSSR count). The molecular formula is C24H29ClN2O4S. The van der Waals surface area contributed by atoms with Crippen LogP contribution in [-0.2, 0) is 26.8 Å². The van der Waals surface area contributed by atoms with Crippen molar-refractivity contribution in [3.8, 4) is 5.75 Å². The van der Waals surface area contributed by atoms with E-state index in [9.17, 15) is 13.8 Å².